The van der Waals surface area contributed by atoms with Gasteiger partial charge in [-0.1, -0.05) is 54.1 Å². The summed E-state index contributed by atoms with van der Waals surface area (Å²) in [6.45, 7) is 9.49. The summed E-state index contributed by atoms with van der Waals surface area (Å²) in [5, 5.41) is 6.02. The molecule has 1 fully saturated rings. The lowest BCUT2D eigenvalue weighted by atomic mass is 9.76. The number of amides is 1. The molecule has 1 heterocycles. The molecule has 10 heteroatoms. The minimum atomic E-state index is -4.18. The number of rotatable bonds is 13. The Bertz CT molecular complexity index is 1810. The first-order valence-electron chi connectivity index (χ1n) is 16.1. The summed E-state index contributed by atoms with van der Waals surface area (Å²) in [5.41, 5.74) is 9.19. The van der Waals surface area contributed by atoms with E-state index in [1.54, 1.807) is 24.3 Å². The maximum Gasteiger partial charge on any atom is 0.266 e. The van der Waals surface area contributed by atoms with Crippen LogP contribution in [-0.2, 0) is 31.5 Å². The van der Waals surface area contributed by atoms with Crippen molar-refractivity contribution in [2.45, 2.75) is 32.6 Å². The van der Waals surface area contributed by atoms with Gasteiger partial charge in [0.2, 0.25) is 0 Å². The third kappa shape index (κ3) is 8.69. The Hall–Kier alpha value is -4.51. The predicted octanol–water partition coefficient (Wildman–Crippen LogP) is 5.52. The van der Waals surface area contributed by atoms with Crippen LogP contribution in [0.15, 0.2) is 84.9 Å². The number of carbonyl (C=O) groups excluding carboxylic acids is 2. The third-order valence-corrected chi connectivity index (χ3v) is 9.60. The fraction of sp³-hybridized carbons (Fsp3) is 0.316. The number of benzene rings is 4. The van der Waals surface area contributed by atoms with Gasteiger partial charge in [-0.05, 0) is 97.0 Å². The van der Waals surface area contributed by atoms with Crippen molar-refractivity contribution in [1.82, 2.24) is 5.32 Å². The molecule has 0 bridgehead atoms. The minimum Gasteiger partial charge on any atom is -0.384 e. The van der Waals surface area contributed by atoms with Crippen LogP contribution in [0.2, 0.25) is 0 Å². The molecule has 0 spiro atoms. The first-order chi connectivity index (χ1) is 23.0. The third-order valence-electron chi connectivity index (χ3n) is 8.88. The SMILES string of the molecule is Cc1cc(C)c(-c2ccc(NC[C@@](C=O)(Cc3ccc(C(=O)NCCS(=O)(=O)O)cc3)c3ccc(N4CCOCC4)cc3)cc2)c(C)c1. The number of hydrogen-bond donors (Lipinski definition) is 3. The molecule has 1 saturated heterocycles. The first kappa shape index (κ1) is 34.8. The van der Waals surface area contributed by atoms with E-state index in [-0.39, 0.29) is 6.54 Å². The standard InChI is InChI=1S/C38H43N3O6S/c1-27-22-28(2)36(29(3)23-27)31-8-12-34(13-9-31)40-25-38(26-42,33-10-14-35(15-11-33)41-17-19-47-20-18-41)24-30-4-6-32(7-5-30)37(43)39-16-21-48(44,45)46/h4-15,22-23,26,40H,16-21,24-25H2,1-3H3,(H,39,43)(H,44,45,46)/t38-/m1/s1. The Kier molecular flexibility index (Phi) is 11.0. The molecule has 0 aliphatic carbocycles. The monoisotopic (exact) mass is 669 g/mol. The van der Waals surface area contributed by atoms with Crippen LogP contribution >= 0.6 is 0 Å². The van der Waals surface area contributed by atoms with Crippen molar-refractivity contribution in [3.05, 3.63) is 118 Å². The molecule has 4 aromatic rings. The van der Waals surface area contributed by atoms with Crippen molar-refractivity contribution in [2.24, 2.45) is 0 Å². The smallest absolute Gasteiger partial charge is 0.266 e. The van der Waals surface area contributed by atoms with E-state index in [4.69, 9.17) is 9.29 Å². The van der Waals surface area contributed by atoms with Crippen LogP contribution < -0.4 is 15.5 Å². The summed E-state index contributed by atoms with van der Waals surface area (Å²) in [7, 11) is -4.18. The second-order valence-corrected chi connectivity index (χ2v) is 14.1. The van der Waals surface area contributed by atoms with Gasteiger partial charge in [0.1, 0.15) is 6.29 Å². The molecule has 5 rings (SSSR count). The summed E-state index contributed by atoms with van der Waals surface area (Å²) >= 11 is 0. The number of anilines is 2. The number of carbonyl (C=O) groups is 2. The van der Waals surface area contributed by atoms with E-state index in [1.165, 1.54) is 22.3 Å². The highest BCUT2D eigenvalue weighted by Gasteiger charge is 2.33. The van der Waals surface area contributed by atoms with E-state index in [0.717, 1.165) is 47.4 Å². The average molecular weight is 670 g/mol. The molecule has 0 radical (unpaired) electrons. The summed E-state index contributed by atoms with van der Waals surface area (Å²) in [4.78, 5) is 28.0. The topological polar surface area (TPSA) is 125 Å². The number of aldehydes is 1. The van der Waals surface area contributed by atoms with Gasteiger partial charge in [0.15, 0.2) is 0 Å². The molecule has 1 aliphatic rings. The molecule has 0 aromatic heterocycles. The fourth-order valence-electron chi connectivity index (χ4n) is 6.43. The molecule has 252 valence electrons. The summed E-state index contributed by atoms with van der Waals surface area (Å²) < 4.78 is 36.4. The second-order valence-electron chi connectivity index (χ2n) is 12.5. The van der Waals surface area contributed by atoms with Crippen LogP contribution in [-0.4, -0.2) is 70.3 Å². The van der Waals surface area contributed by atoms with Crippen molar-refractivity contribution in [3.63, 3.8) is 0 Å². The maximum atomic E-state index is 13.2. The van der Waals surface area contributed by atoms with E-state index in [9.17, 15) is 18.0 Å². The number of nitrogens with zero attached hydrogens (tertiary/aromatic N) is 1. The van der Waals surface area contributed by atoms with E-state index in [0.29, 0.717) is 31.7 Å². The lowest BCUT2D eigenvalue weighted by molar-refractivity contribution is -0.112. The number of nitrogens with one attached hydrogen (secondary N) is 2. The Morgan fingerprint density at radius 3 is 2.12 bits per heavy atom. The average Bonchev–Trinajstić information content (AvgIpc) is 3.07. The van der Waals surface area contributed by atoms with Crippen LogP contribution in [0.25, 0.3) is 11.1 Å². The van der Waals surface area contributed by atoms with Crippen molar-refractivity contribution < 1.29 is 27.3 Å². The first-order valence-corrected chi connectivity index (χ1v) is 17.7. The fourth-order valence-corrected chi connectivity index (χ4v) is 6.79. The van der Waals surface area contributed by atoms with Gasteiger partial charge in [0, 0.05) is 43.1 Å². The molecule has 1 aliphatic heterocycles. The number of morpholine rings is 1. The van der Waals surface area contributed by atoms with Gasteiger partial charge in [-0.25, -0.2) is 0 Å². The van der Waals surface area contributed by atoms with Crippen LogP contribution in [0.1, 0.15) is 38.2 Å². The largest absolute Gasteiger partial charge is 0.384 e. The van der Waals surface area contributed by atoms with Gasteiger partial charge in [0.05, 0.1) is 24.4 Å². The van der Waals surface area contributed by atoms with E-state index < -0.39 is 27.2 Å². The summed E-state index contributed by atoms with van der Waals surface area (Å²) in [5.74, 6) is -1.02. The zero-order valence-electron chi connectivity index (χ0n) is 27.7. The molecule has 0 saturated carbocycles. The quantitative estimate of drug-likeness (QED) is 0.126. The summed E-state index contributed by atoms with van der Waals surface area (Å²) in [6, 6.07) is 27.7. The predicted molar refractivity (Wildman–Crippen MR) is 191 cm³/mol. The van der Waals surface area contributed by atoms with Crippen molar-refractivity contribution >= 4 is 33.7 Å². The van der Waals surface area contributed by atoms with Gasteiger partial charge >= 0.3 is 0 Å². The van der Waals surface area contributed by atoms with Crippen LogP contribution in [0.4, 0.5) is 11.4 Å². The Morgan fingerprint density at radius 2 is 1.54 bits per heavy atom. The molecular formula is C38H43N3O6S. The molecule has 9 nitrogen and oxygen atoms in total. The molecule has 48 heavy (non-hydrogen) atoms. The van der Waals surface area contributed by atoms with E-state index in [1.807, 2.05) is 24.3 Å². The van der Waals surface area contributed by atoms with Crippen LogP contribution in [0.3, 0.4) is 0 Å². The highest BCUT2D eigenvalue weighted by Crippen LogP contribution is 2.32. The maximum absolute atomic E-state index is 13.2. The van der Waals surface area contributed by atoms with Gasteiger partial charge in [-0.2, -0.15) is 8.42 Å². The highest BCUT2D eigenvalue weighted by molar-refractivity contribution is 7.85. The minimum absolute atomic E-state index is 0.203. The Labute approximate surface area is 283 Å². The Balaban J connectivity index is 1.37. The highest BCUT2D eigenvalue weighted by atomic mass is 32.2. The van der Waals surface area contributed by atoms with Gasteiger partial charge in [-0.15, -0.1) is 0 Å². The normalized spacial score (nSPS) is 14.6. The zero-order chi connectivity index (χ0) is 34.3. The molecule has 1 amide bonds. The number of ether oxygens (including phenoxy) is 1. The Morgan fingerprint density at radius 1 is 0.917 bits per heavy atom. The van der Waals surface area contributed by atoms with E-state index >= 15 is 0 Å². The van der Waals surface area contributed by atoms with Crippen molar-refractivity contribution in [1.29, 1.82) is 0 Å². The zero-order valence-corrected chi connectivity index (χ0v) is 28.5. The van der Waals surface area contributed by atoms with Crippen LogP contribution in [0, 0.1) is 20.8 Å². The van der Waals surface area contributed by atoms with Gasteiger partial charge in [-0.3, -0.25) is 9.35 Å². The second kappa shape index (κ2) is 15.1. The number of hydrogen-bond acceptors (Lipinski definition) is 7. The van der Waals surface area contributed by atoms with Gasteiger partial charge < -0.3 is 25.1 Å². The van der Waals surface area contributed by atoms with Crippen molar-refractivity contribution in [3.8, 4) is 11.1 Å². The molecule has 3 N–H and O–H groups in total. The van der Waals surface area contributed by atoms with Crippen molar-refractivity contribution in [2.75, 3.05) is 55.4 Å². The summed E-state index contributed by atoms with van der Waals surface area (Å²) in [6.07, 6.45) is 1.39. The molecular weight excluding hydrogens is 626 g/mol. The number of aryl methyl sites for hydroxylation is 3. The molecule has 0 unspecified atom stereocenters. The molecule has 4 aromatic carbocycles. The lowest BCUT2D eigenvalue weighted by Crippen LogP contribution is -2.39. The van der Waals surface area contributed by atoms with Crippen LogP contribution in [0.5, 0.6) is 0 Å². The lowest BCUT2D eigenvalue weighted by Gasteiger charge is -2.32. The molecule has 1 atom stereocenters. The van der Waals surface area contributed by atoms with Gasteiger partial charge in [0.25, 0.3) is 16.0 Å². The van der Waals surface area contributed by atoms with E-state index in [2.05, 4.69) is 72.7 Å².